The van der Waals surface area contributed by atoms with Crippen LogP contribution in [0.2, 0.25) is 0 Å². The van der Waals surface area contributed by atoms with Gasteiger partial charge in [-0.15, -0.1) is 0 Å². The van der Waals surface area contributed by atoms with Crippen LogP contribution in [-0.4, -0.2) is 47.2 Å². The number of hydrogen-bond acceptors (Lipinski definition) is 6. The number of carbonyl (C=O) groups is 3. The molecule has 1 rings (SSSR count). The van der Waals surface area contributed by atoms with E-state index in [4.69, 9.17) is 9.47 Å². The topological polar surface area (TPSA) is 97.8 Å². The van der Waals surface area contributed by atoms with E-state index in [1.807, 2.05) is 27.7 Å². The van der Waals surface area contributed by atoms with Crippen LogP contribution in [0.4, 0.5) is 15.4 Å². The molecule has 0 unspecified atom stereocenters. The Kier molecular flexibility index (Phi) is 9.94. The lowest BCUT2D eigenvalue weighted by Crippen LogP contribution is -2.37. The highest BCUT2D eigenvalue weighted by Gasteiger charge is 2.24. The molecule has 0 radical (unpaired) electrons. The van der Waals surface area contributed by atoms with E-state index in [1.54, 1.807) is 32.9 Å². The molecule has 8 nitrogen and oxygen atoms in total. The highest BCUT2D eigenvalue weighted by molar-refractivity contribution is 5.96. The molecule has 0 aliphatic rings. The third-order valence-corrected chi connectivity index (χ3v) is 3.91. The van der Waals surface area contributed by atoms with Crippen LogP contribution < -0.4 is 10.2 Å². The molecule has 1 heterocycles. The van der Waals surface area contributed by atoms with Gasteiger partial charge in [0.15, 0.2) is 5.78 Å². The molecule has 1 aromatic rings. The standard InChI is InChI=1S/C23H37N3O5/c1-8-15-26(21(29)31-23(5,6)7)19-13-12-17(16-25-19)18(27)11-9-10-14-24-20(28)30-22(2,3)4/h12-13,16H,8-11,14-15H2,1-7H3,(H,24,28). The molecule has 2 amide bonds. The van der Waals surface area contributed by atoms with E-state index in [2.05, 4.69) is 10.3 Å². The van der Waals surface area contributed by atoms with Gasteiger partial charge >= 0.3 is 12.2 Å². The number of amides is 2. The molecule has 0 aromatic carbocycles. The molecular formula is C23H37N3O5. The van der Waals surface area contributed by atoms with Crippen LogP contribution >= 0.6 is 0 Å². The van der Waals surface area contributed by atoms with Crippen molar-refractivity contribution in [2.24, 2.45) is 0 Å². The van der Waals surface area contributed by atoms with Crippen molar-refractivity contribution in [1.29, 1.82) is 0 Å². The molecule has 0 atom stereocenters. The lowest BCUT2D eigenvalue weighted by atomic mass is 10.1. The lowest BCUT2D eigenvalue weighted by molar-refractivity contribution is 0.0525. The van der Waals surface area contributed by atoms with E-state index in [0.29, 0.717) is 43.7 Å². The molecule has 174 valence electrons. The van der Waals surface area contributed by atoms with Gasteiger partial charge in [0.05, 0.1) is 0 Å². The molecule has 0 bridgehead atoms. The number of nitrogens with one attached hydrogen (secondary N) is 1. The van der Waals surface area contributed by atoms with Crippen molar-refractivity contribution in [1.82, 2.24) is 10.3 Å². The summed E-state index contributed by atoms with van der Waals surface area (Å²) >= 11 is 0. The first-order valence-corrected chi connectivity index (χ1v) is 10.8. The minimum Gasteiger partial charge on any atom is -0.444 e. The molecule has 8 heteroatoms. The predicted molar refractivity (Wildman–Crippen MR) is 121 cm³/mol. The van der Waals surface area contributed by atoms with Crippen molar-refractivity contribution < 1.29 is 23.9 Å². The highest BCUT2D eigenvalue weighted by Crippen LogP contribution is 2.18. The fourth-order valence-corrected chi connectivity index (χ4v) is 2.61. The van der Waals surface area contributed by atoms with Crippen molar-refractivity contribution in [3.05, 3.63) is 23.9 Å². The first-order valence-electron chi connectivity index (χ1n) is 10.8. The zero-order valence-electron chi connectivity index (χ0n) is 19.9. The zero-order chi connectivity index (χ0) is 23.7. The van der Waals surface area contributed by atoms with Gasteiger partial charge in [0.2, 0.25) is 0 Å². The highest BCUT2D eigenvalue weighted by atomic mass is 16.6. The monoisotopic (exact) mass is 435 g/mol. The van der Waals surface area contributed by atoms with Gasteiger partial charge in [0, 0.05) is 31.3 Å². The van der Waals surface area contributed by atoms with Crippen LogP contribution in [0.1, 0.15) is 84.5 Å². The third kappa shape index (κ3) is 10.8. The van der Waals surface area contributed by atoms with E-state index < -0.39 is 23.4 Å². The van der Waals surface area contributed by atoms with Crippen molar-refractivity contribution in [3.8, 4) is 0 Å². The molecule has 1 aromatic heterocycles. The molecule has 0 fully saturated rings. The number of nitrogens with zero attached hydrogens (tertiary/aromatic N) is 2. The molecule has 0 aliphatic heterocycles. The average Bonchev–Trinajstić information content (AvgIpc) is 2.63. The van der Waals surface area contributed by atoms with Gasteiger partial charge < -0.3 is 14.8 Å². The number of ketones is 1. The van der Waals surface area contributed by atoms with Gasteiger partial charge in [-0.25, -0.2) is 14.6 Å². The van der Waals surface area contributed by atoms with Crippen molar-refractivity contribution >= 4 is 23.8 Å². The van der Waals surface area contributed by atoms with E-state index in [9.17, 15) is 14.4 Å². The second kappa shape index (κ2) is 11.7. The zero-order valence-corrected chi connectivity index (χ0v) is 19.9. The number of anilines is 1. The quantitative estimate of drug-likeness (QED) is 0.427. The summed E-state index contributed by atoms with van der Waals surface area (Å²) in [6.07, 6.45) is 2.97. The second-order valence-electron chi connectivity index (χ2n) is 9.35. The molecule has 0 saturated heterocycles. The number of carbonyl (C=O) groups excluding carboxylic acids is 3. The van der Waals surface area contributed by atoms with E-state index >= 15 is 0 Å². The van der Waals surface area contributed by atoms with Gasteiger partial charge in [0.1, 0.15) is 17.0 Å². The maximum atomic E-state index is 12.5. The average molecular weight is 436 g/mol. The smallest absolute Gasteiger partial charge is 0.416 e. The van der Waals surface area contributed by atoms with E-state index in [-0.39, 0.29) is 5.78 Å². The minimum absolute atomic E-state index is 0.0318. The Bertz CT molecular complexity index is 733. The molecule has 1 N–H and O–H groups in total. The number of alkyl carbamates (subject to hydrolysis) is 1. The van der Waals surface area contributed by atoms with Crippen LogP contribution in [0.15, 0.2) is 18.3 Å². The van der Waals surface area contributed by atoms with Crippen molar-refractivity contribution in [3.63, 3.8) is 0 Å². The fourth-order valence-electron chi connectivity index (χ4n) is 2.61. The predicted octanol–water partition coefficient (Wildman–Crippen LogP) is 5.11. The van der Waals surface area contributed by atoms with Gasteiger partial charge in [-0.05, 0) is 72.9 Å². The first-order chi connectivity index (χ1) is 14.3. The van der Waals surface area contributed by atoms with Gasteiger partial charge in [-0.1, -0.05) is 6.92 Å². The summed E-state index contributed by atoms with van der Waals surface area (Å²) in [7, 11) is 0. The number of rotatable bonds is 9. The molecule has 0 saturated carbocycles. The Morgan fingerprint density at radius 1 is 1.00 bits per heavy atom. The van der Waals surface area contributed by atoms with Crippen LogP contribution in [0.5, 0.6) is 0 Å². The third-order valence-electron chi connectivity index (χ3n) is 3.91. The summed E-state index contributed by atoms with van der Waals surface area (Å²) in [6.45, 7) is 13.7. The number of hydrogen-bond donors (Lipinski definition) is 1. The Labute approximate surface area is 185 Å². The summed E-state index contributed by atoms with van der Waals surface area (Å²) in [5, 5.41) is 2.68. The molecule has 0 spiro atoms. The van der Waals surface area contributed by atoms with Gasteiger partial charge in [0.25, 0.3) is 0 Å². The van der Waals surface area contributed by atoms with E-state index in [1.165, 1.54) is 11.1 Å². The van der Waals surface area contributed by atoms with Crippen molar-refractivity contribution in [2.45, 2.75) is 85.4 Å². The Morgan fingerprint density at radius 2 is 1.65 bits per heavy atom. The number of pyridine rings is 1. The van der Waals surface area contributed by atoms with Crippen LogP contribution in [0.25, 0.3) is 0 Å². The van der Waals surface area contributed by atoms with Crippen LogP contribution in [-0.2, 0) is 9.47 Å². The summed E-state index contributed by atoms with van der Waals surface area (Å²) in [5.74, 6) is 0.421. The molecular weight excluding hydrogens is 398 g/mol. The van der Waals surface area contributed by atoms with Gasteiger partial charge in [-0.2, -0.15) is 0 Å². The minimum atomic E-state index is -0.600. The van der Waals surface area contributed by atoms with Gasteiger partial charge in [-0.3, -0.25) is 9.69 Å². The Balaban J connectivity index is 2.55. The number of aromatic nitrogens is 1. The second-order valence-corrected chi connectivity index (χ2v) is 9.35. The normalized spacial score (nSPS) is 11.6. The fraction of sp³-hybridized carbons (Fsp3) is 0.652. The molecule has 0 aliphatic carbocycles. The molecule has 31 heavy (non-hydrogen) atoms. The number of ether oxygens (including phenoxy) is 2. The lowest BCUT2D eigenvalue weighted by Gasteiger charge is -2.26. The van der Waals surface area contributed by atoms with Crippen LogP contribution in [0, 0.1) is 0 Å². The maximum Gasteiger partial charge on any atom is 0.416 e. The van der Waals surface area contributed by atoms with E-state index in [0.717, 1.165) is 6.42 Å². The summed E-state index contributed by atoms with van der Waals surface area (Å²) in [5.41, 5.74) is -0.642. The van der Waals surface area contributed by atoms with Crippen LogP contribution in [0.3, 0.4) is 0 Å². The number of Topliss-reactive ketones (excluding diaryl/α,β-unsaturated/α-hetero) is 1. The Morgan fingerprint density at radius 3 is 2.16 bits per heavy atom. The Hall–Kier alpha value is -2.64. The van der Waals surface area contributed by atoms with Crippen molar-refractivity contribution in [2.75, 3.05) is 18.0 Å². The summed E-state index contributed by atoms with van der Waals surface area (Å²) in [6, 6.07) is 3.34. The maximum absolute atomic E-state index is 12.5. The summed E-state index contributed by atoms with van der Waals surface area (Å²) < 4.78 is 10.6. The summed E-state index contributed by atoms with van der Waals surface area (Å²) in [4.78, 5) is 42.2. The first kappa shape index (κ1) is 26.4. The largest absolute Gasteiger partial charge is 0.444 e. The SMILES string of the molecule is CCCN(C(=O)OC(C)(C)C)c1ccc(C(=O)CCCCNC(=O)OC(C)(C)C)cn1. The number of unbranched alkanes of at least 4 members (excludes halogenated alkanes) is 1.